The van der Waals surface area contributed by atoms with Gasteiger partial charge in [0.1, 0.15) is 0 Å². The maximum atomic E-state index is 5.60. The van der Waals surface area contributed by atoms with Gasteiger partial charge in [0.15, 0.2) is 0 Å². The molecule has 0 bridgehead atoms. The second-order valence-corrected chi connectivity index (χ2v) is 7.32. The molecule has 1 saturated carbocycles. The van der Waals surface area contributed by atoms with Gasteiger partial charge in [0.25, 0.3) is 0 Å². The molecule has 1 rings (SSSR count). The predicted molar refractivity (Wildman–Crippen MR) is 95.7 cm³/mol. The van der Waals surface area contributed by atoms with Crippen LogP contribution in [0.5, 0.6) is 0 Å². The van der Waals surface area contributed by atoms with Crippen LogP contribution in [-0.4, -0.2) is 6.54 Å². The molecular weight excluding hydrogens is 254 g/mol. The van der Waals surface area contributed by atoms with Gasteiger partial charge >= 0.3 is 0 Å². The molecule has 0 aromatic rings. The Morgan fingerprint density at radius 1 is 0.524 bits per heavy atom. The van der Waals surface area contributed by atoms with Crippen LogP contribution in [-0.2, 0) is 0 Å². The summed E-state index contributed by atoms with van der Waals surface area (Å²) in [6, 6.07) is 0. The Balaban J connectivity index is 2.20. The summed E-state index contributed by atoms with van der Waals surface area (Å²) in [5.74, 6) is 1.02. The Morgan fingerprint density at radius 2 is 0.952 bits per heavy atom. The van der Waals surface area contributed by atoms with Crippen molar-refractivity contribution in [1.82, 2.24) is 0 Å². The van der Waals surface area contributed by atoms with Gasteiger partial charge in [0, 0.05) is 0 Å². The highest BCUT2D eigenvalue weighted by atomic mass is 14.5. The van der Waals surface area contributed by atoms with Crippen molar-refractivity contribution in [2.45, 2.75) is 116 Å². The summed E-state index contributed by atoms with van der Waals surface area (Å²) in [5, 5.41) is 0. The summed E-state index contributed by atoms with van der Waals surface area (Å²) in [6.07, 6.45) is 26.3. The number of nitrogens with two attached hydrogens (primary N) is 1. The van der Waals surface area contributed by atoms with Crippen LogP contribution in [0, 0.1) is 5.92 Å². The van der Waals surface area contributed by atoms with Gasteiger partial charge in [-0.2, -0.15) is 0 Å². The van der Waals surface area contributed by atoms with Crippen molar-refractivity contribution in [2.75, 3.05) is 6.54 Å². The predicted octanol–water partition coefficient (Wildman–Crippen LogP) is 6.60. The maximum absolute atomic E-state index is 5.60. The minimum absolute atomic E-state index is 0.880. The molecule has 0 atom stereocenters. The lowest BCUT2D eigenvalue weighted by Crippen LogP contribution is -2.03. The first-order valence-electron chi connectivity index (χ1n) is 10.1. The van der Waals surface area contributed by atoms with Crippen molar-refractivity contribution in [3.8, 4) is 0 Å². The molecule has 21 heavy (non-hydrogen) atoms. The van der Waals surface area contributed by atoms with Crippen LogP contribution in [0.2, 0.25) is 0 Å². The number of unbranched alkanes of at least 4 members (excludes halogenated alkanes) is 2. The lowest BCUT2D eigenvalue weighted by atomic mass is 9.90. The third kappa shape index (κ3) is 12.2. The molecular formula is C20H41N. The Morgan fingerprint density at radius 3 is 1.38 bits per heavy atom. The van der Waals surface area contributed by atoms with Crippen molar-refractivity contribution in [1.29, 1.82) is 0 Å². The molecule has 0 aliphatic heterocycles. The molecule has 0 spiro atoms. The van der Waals surface area contributed by atoms with Gasteiger partial charge in [-0.1, -0.05) is 109 Å². The van der Waals surface area contributed by atoms with E-state index in [-0.39, 0.29) is 0 Å². The van der Waals surface area contributed by atoms with E-state index in [2.05, 4.69) is 0 Å². The average Bonchev–Trinajstić information content (AvgIpc) is 2.51. The lowest BCUT2D eigenvalue weighted by molar-refractivity contribution is 0.368. The quantitative estimate of drug-likeness (QED) is 0.568. The molecule has 1 aliphatic rings. The SMILES string of the molecule is NCCCCCC1CCCCCCCCCCCCCC1. The number of hydrogen-bond donors (Lipinski definition) is 1. The highest BCUT2D eigenvalue weighted by Gasteiger charge is 2.08. The van der Waals surface area contributed by atoms with Gasteiger partial charge in [-0.25, -0.2) is 0 Å². The van der Waals surface area contributed by atoms with Gasteiger partial charge in [-0.15, -0.1) is 0 Å². The minimum Gasteiger partial charge on any atom is -0.330 e. The number of hydrogen-bond acceptors (Lipinski definition) is 1. The molecule has 0 aromatic carbocycles. The third-order valence-electron chi connectivity index (χ3n) is 5.29. The molecule has 1 fully saturated rings. The van der Waals surface area contributed by atoms with E-state index in [1.165, 1.54) is 116 Å². The van der Waals surface area contributed by atoms with Crippen molar-refractivity contribution in [3.05, 3.63) is 0 Å². The van der Waals surface area contributed by atoms with Gasteiger partial charge in [-0.3, -0.25) is 0 Å². The van der Waals surface area contributed by atoms with E-state index in [4.69, 9.17) is 5.73 Å². The minimum atomic E-state index is 0.880. The summed E-state index contributed by atoms with van der Waals surface area (Å²) in [6.45, 7) is 0.880. The fourth-order valence-corrected chi connectivity index (χ4v) is 3.82. The lowest BCUT2D eigenvalue weighted by Gasteiger charge is -2.17. The zero-order valence-electron chi connectivity index (χ0n) is 14.6. The molecule has 1 heteroatoms. The fourth-order valence-electron chi connectivity index (χ4n) is 3.82. The first kappa shape index (κ1) is 19.0. The van der Waals surface area contributed by atoms with Crippen LogP contribution in [0.4, 0.5) is 0 Å². The maximum Gasteiger partial charge on any atom is -0.00773 e. The Labute approximate surface area is 134 Å². The monoisotopic (exact) mass is 295 g/mol. The first-order valence-corrected chi connectivity index (χ1v) is 10.1. The van der Waals surface area contributed by atoms with Crippen molar-refractivity contribution >= 4 is 0 Å². The average molecular weight is 296 g/mol. The summed E-state index contributed by atoms with van der Waals surface area (Å²) < 4.78 is 0. The normalized spacial score (nSPS) is 21.6. The zero-order chi connectivity index (χ0) is 15.0. The Hall–Kier alpha value is -0.0400. The summed E-state index contributed by atoms with van der Waals surface area (Å²) in [4.78, 5) is 0. The van der Waals surface area contributed by atoms with Crippen molar-refractivity contribution < 1.29 is 0 Å². The van der Waals surface area contributed by atoms with Gasteiger partial charge in [0.05, 0.1) is 0 Å². The zero-order valence-corrected chi connectivity index (χ0v) is 14.6. The Kier molecular flexibility index (Phi) is 13.5. The van der Waals surface area contributed by atoms with Crippen molar-refractivity contribution in [2.24, 2.45) is 11.7 Å². The van der Waals surface area contributed by atoms with Crippen LogP contribution in [0.3, 0.4) is 0 Å². The molecule has 0 aromatic heterocycles. The summed E-state index contributed by atoms with van der Waals surface area (Å²) in [7, 11) is 0. The van der Waals surface area contributed by atoms with E-state index in [1.54, 1.807) is 0 Å². The second kappa shape index (κ2) is 14.9. The fraction of sp³-hybridized carbons (Fsp3) is 1.00. The van der Waals surface area contributed by atoms with Crippen molar-refractivity contribution in [3.63, 3.8) is 0 Å². The van der Waals surface area contributed by atoms with Crippen LogP contribution >= 0.6 is 0 Å². The molecule has 0 amide bonds. The van der Waals surface area contributed by atoms with Gasteiger partial charge < -0.3 is 5.73 Å². The van der Waals surface area contributed by atoms with E-state index in [0.717, 1.165) is 12.5 Å². The molecule has 0 heterocycles. The second-order valence-electron chi connectivity index (χ2n) is 7.32. The molecule has 2 N–H and O–H groups in total. The highest BCUT2D eigenvalue weighted by molar-refractivity contribution is 4.62. The highest BCUT2D eigenvalue weighted by Crippen LogP contribution is 2.24. The van der Waals surface area contributed by atoms with Gasteiger partial charge in [0.2, 0.25) is 0 Å². The topological polar surface area (TPSA) is 26.0 Å². The van der Waals surface area contributed by atoms with Crippen LogP contribution < -0.4 is 5.73 Å². The van der Waals surface area contributed by atoms with E-state index < -0.39 is 0 Å². The molecule has 0 radical (unpaired) electrons. The number of rotatable bonds is 5. The van der Waals surface area contributed by atoms with E-state index in [0.29, 0.717) is 0 Å². The molecule has 1 aliphatic carbocycles. The summed E-state index contributed by atoms with van der Waals surface area (Å²) in [5.41, 5.74) is 5.60. The standard InChI is InChI=1S/C20H41N/c21-19-15-11-14-18-20-16-12-9-7-5-3-1-2-4-6-8-10-13-17-20/h20H,1-19,21H2. The Bertz CT molecular complexity index is 186. The first-order chi connectivity index (χ1) is 10.4. The van der Waals surface area contributed by atoms with E-state index >= 15 is 0 Å². The van der Waals surface area contributed by atoms with Crippen LogP contribution in [0.25, 0.3) is 0 Å². The molecule has 126 valence electrons. The summed E-state index contributed by atoms with van der Waals surface area (Å²) >= 11 is 0. The molecule has 0 unspecified atom stereocenters. The van der Waals surface area contributed by atoms with Gasteiger partial charge in [-0.05, 0) is 18.9 Å². The smallest absolute Gasteiger partial charge is 0.00773 e. The van der Waals surface area contributed by atoms with E-state index in [1.807, 2.05) is 0 Å². The molecule has 0 saturated heterocycles. The largest absolute Gasteiger partial charge is 0.330 e. The third-order valence-corrected chi connectivity index (χ3v) is 5.29. The van der Waals surface area contributed by atoms with Crippen LogP contribution in [0.15, 0.2) is 0 Å². The molecule has 1 nitrogen and oxygen atoms in total. The van der Waals surface area contributed by atoms with Crippen LogP contribution in [0.1, 0.15) is 116 Å². The van der Waals surface area contributed by atoms with E-state index in [9.17, 15) is 0 Å².